The molecule has 4 rings (SSSR count). The van der Waals surface area contributed by atoms with E-state index in [2.05, 4.69) is 4.98 Å². The molecule has 0 unspecified atom stereocenters. The first-order valence-corrected chi connectivity index (χ1v) is 9.66. The molecule has 1 aromatic heterocycles. The maximum atomic E-state index is 12.3. The van der Waals surface area contributed by atoms with Crippen molar-refractivity contribution in [2.24, 2.45) is 11.8 Å². The van der Waals surface area contributed by atoms with E-state index in [9.17, 15) is 13.2 Å². The van der Waals surface area contributed by atoms with Gasteiger partial charge in [-0.3, -0.25) is 4.79 Å². The number of fused-ring (bicyclic) bond motifs is 1. The summed E-state index contributed by atoms with van der Waals surface area (Å²) in [6.07, 6.45) is 1.62. The van der Waals surface area contributed by atoms with Crippen LogP contribution in [0.1, 0.15) is 23.3 Å². The molecule has 114 valence electrons. The number of rotatable bonds is 3. The summed E-state index contributed by atoms with van der Waals surface area (Å²) in [7, 11) is -3.07. The maximum absolute atomic E-state index is 12.3. The Bertz CT molecular complexity index is 640. The van der Waals surface area contributed by atoms with Crippen LogP contribution in [0.3, 0.4) is 0 Å². The number of thiazole rings is 1. The first-order chi connectivity index (χ1) is 10.1. The highest BCUT2D eigenvalue weighted by Gasteiger charge is 2.49. The number of carbonyl (C=O) groups excluding carboxylic acids is 1. The van der Waals surface area contributed by atoms with Crippen LogP contribution in [0.15, 0.2) is 10.9 Å². The summed E-state index contributed by atoms with van der Waals surface area (Å²) in [4.78, 5) is 18.2. The van der Waals surface area contributed by atoms with E-state index in [4.69, 9.17) is 0 Å². The monoisotopic (exact) mass is 327 g/mol. The zero-order valence-corrected chi connectivity index (χ0v) is 13.1. The van der Waals surface area contributed by atoms with Crippen molar-refractivity contribution >= 4 is 27.3 Å². The number of likely N-dealkylation sites (tertiary alicyclic amines) is 1. The highest BCUT2D eigenvalue weighted by atomic mass is 32.2. The van der Waals surface area contributed by atoms with Gasteiger partial charge in [0.1, 0.15) is 5.69 Å². The van der Waals surface area contributed by atoms with Gasteiger partial charge in [-0.25, -0.2) is 17.7 Å². The van der Waals surface area contributed by atoms with Crippen molar-refractivity contribution in [2.45, 2.75) is 18.1 Å². The highest BCUT2D eigenvalue weighted by molar-refractivity contribution is 7.90. The minimum atomic E-state index is -3.07. The van der Waals surface area contributed by atoms with Crippen LogP contribution in [0, 0.1) is 11.8 Å². The van der Waals surface area contributed by atoms with Crippen molar-refractivity contribution in [1.29, 1.82) is 0 Å². The van der Waals surface area contributed by atoms with Crippen LogP contribution < -0.4 is 0 Å². The fourth-order valence-electron chi connectivity index (χ4n) is 3.38. The molecule has 3 heterocycles. The molecule has 0 radical (unpaired) electrons. The molecule has 3 aliphatic rings. The van der Waals surface area contributed by atoms with E-state index in [-0.39, 0.29) is 23.0 Å². The average Bonchev–Trinajstić information content (AvgIpc) is 2.89. The van der Waals surface area contributed by atoms with E-state index in [0.717, 1.165) is 12.8 Å². The van der Waals surface area contributed by atoms with E-state index in [1.54, 1.807) is 15.2 Å². The summed E-state index contributed by atoms with van der Waals surface area (Å²) in [5.41, 5.74) is 2.16. The lowest BCUT2D eigenvalue weighted by molar-refractivity contribution is 0.0774. The quantitative estimate of drug-likeness (QED) is 0.817. The van der Waals surface area contributed by atoms with E-state index in [0.29, 0.717) is 31.9 Å². The van der Waals surface area contributed by atoms with E-state index in [1.165, 1.54) is 11.3 Å². The Kier molecular flexibility index (Phi) is 3.09. The van der Waals surface area contributed by atoms with Gasteiger partial charge in [0, 0.05) is 31.6 Å². The lowest BCUT2D eigenvalue weighted by Crippen LogP contribution is -2.37. The first kappa shape index (κ1) is 13.7. The van der Waals surface area contributed by atoms with E-state index in [1.807, 2.05) is 4.90 Å². The Hall–Kier alpha value is -0.990. The second-order valence-electron chi connectivity index (χ2n) is 6.17. The lowest BCUT2D eigenvalue weighted by atomic mass is 10.0. The average molecular weight is 327 g/mol. The predicted octanol–water partition coefficient (Wildman–Crippen LogP) is 0.639. The molecule has 3 fully saturated rings. The van der Waals surface area contributed by atoms with Crippen molar-refractivity contribution in [3.63, 3.8) is 0 Å². The number of hydrogen-bond donors (Lipinski definition) is 0. The van der Waals surface area contributed by atoms with E-state index < -0.39 is 10.0 Å². The minimum absolute atomic E-state index is 0.0257. The normalized spacial score (nSPS) is 29.8. The minimum Gasteiger partial charge on any atom is -0.337 e. The zero-order chi connectivity index (χ0) is 14.6. The molecule has 6 nitrogen and oxygen atoms in total. The molecule has 0 N–H and O–H groups in total. The van der Waals surface area contributed by atoms with Crippen LogP contribution in [0.5, 0.6) is 0 Å². The molecule has 1 aromatic rings. The van der Waals surface area contributed by atoms with Gasteiger partial charge in [-0.2, -0.15) is 0 Å². The van der Waals surface area contributed by atoms with Gasteiger partial charge in [-0.15, -0.1) is 11.3 Å². The number of carbonyl (C=O) groups is 1. The summed E-state index contributed by atoms with van der Waals surface area (Å²) >= 11 is 1.42. The third kappa shape index (κ3) is 2.29. The zero-order valence-electron chi connectivity index (χ0n) is 11.5. The molecule has 0 aromatic carbocycles. The molecule has 8 heteroatoms. The second-order valence-corrected chi connectivity index (χ2v) is 9.10. The largest absolute Gasteiger partial charge is 0.337 e. The molecular weight excluding hydrogens is 310 g/mol. The Morgan fingerprint density at radius 3 is 2.38 bits per heavy atom. The Morgan fingerprint density at radius 2 is 1.86 bits per heavy atom. The molecule has 2 aliphatic heterocycles. The van der Waals surface area contributed by atoms with Crippen molar-refractivity contribution in [3.05, 3.63) is 16.6 Å². The summed E-state index contributed by atoms with van der Waals surface area (Å²) < 4.78 is 26.2. The van der Waals surface area contributed by atoms with Crippen LogP contribution in [0.25, 0.3) is 0 Å². The van der Waals surface area contributed by atoms with Crippen LogP contribution in [-0.4, -0.2) is 59.9 Å². The van der Waals surface area contributed by atoms with Gasteiger partial charge in [0.2, 0.25) is 10.0 Å². The molecule has 1 saturated carbocycles. The third-order valence-electron chi connectivity index (χ3n) is 4.70. The molecule has 1 amide bonds. The smallest absolute Gasteiger partial charge is 0.273 e. The van der Waals surface area contributed by atoms with Gasteiger partial charge >= 0.3 is 0 Å². The summed E-state index contributed by atoms with van der Waals surface area (Å²) in [5.74, 6) is 0.532. The van der Waals surface area contributed by atoms with Gasteiger partial charge in [-0.05, 0) is 24.7 Å². The molecule has 2 atom stereocenters. The molecule has 0 bridgehead atoms. The highest BCUT2D eigenvalue weighted by Crippen LogP contribution is 2.38. The van der Waals surface area contributed by atoms with Gasteiger partial charge in [0.15, 0.2) is 0 Å². The lowest BCUT2D eigenvalue weighted by Gasteiger charge is -2.21. The van der Waals surface area contributed by atoms with Gasteiger partial charge in [0.25, 0.3) is 5.91 Å². The Labute approximate surface area is 127 Å². The van der Waals surface area contributed by atoms with Crippen molar-refractivity contribution in [3.8, 4) is 0 Å². The Balaban J connectivity index is 1.43. The summed E-state index contributed by atoms with van der Waals surface area (Å²) in [5, 5.41) is 1.63. The van der Waals surface area contributed by atoms with Crippen LogP contribution in [0.2, 0.25) is 0 Å². The number of aromatic nitrogens is 1. The fraction of sp³-hybridized carbons (Fsp3) is 0.692. The number of hydrogen-bond acceptors (Lipinski definition) is 5. The number of nitrogens with zero attached hydrogens (tertiary/aromatic N) is 3. The molecule has 2 saturated heterocycles. The summed E-state index contributed by atoms with van der Waals surface area (Å²) in [6, 6.07) is 0. The third-order valence-corrected chi connectivity index (χ3v) is 7.62. The van der Waals surface area contributed by atoms with Gasteiger partial charge in [0.05, 0.1) is 10.8 Å². The maximum Gasteiger partial charge on any atom is 0.273 e. The summed E-state index contributed by atoms with van der Waals surface area (Å²) in [6.45, 7) is 2.45. The number of amides is 1. The standard InChI is InChI=1S/C13H17N3O3S2/c17-13(12-7-20-8-14-12)15-3-9-5-16(6-10(9)4-15)21(18,19)11-1-2-11/h7-11H,1-6H2/t9-,10-/m1/s1. The van der Waals surface area contributed by atoms with Crippen LogP contribution in [0.4, 0.5) is 0 Å². The van der Waals surface area contributed by atoms with Crippen LogP contribution in [-0.2, 0) is 10.0 Å². The Morgan fingerprint density at radius 1 is 1.19 bits per heavy atom. The molecule has 21 heavy (non-hydrogen) atoms. The van der Waals surface area contributed by atoms with Crippen molar-refractivity contribution in [1.82, 2.24) is 14.2 Å². The van der Waals surface area contributed by atoms with E-state index >= 15 is 0 Å². The second kappa shape index (κ2) is 4.76. The molecular formula is C13H17N3O3S2. The molecule has 0 spiro atoms. The SMILES string of the molecule is O=C(c1cscn1)N1C[C@@H]2CN(S(=O)(=O)C3CC3)C[C@H]2C1. The molecule has 1 aliphatic carbocycles. The van der Waals surface area contributed by atoms with Crippen molar-refractivity contribution < 1.29 is 13.2 Å². The predicted molar refractivity (Wildman–Crippen MR) is 78.5 cm³/mol. The van der Waals surface area contributed by atoms with Gasteiger partial charge in [-0.1, -0.05) is 0 Å². The first-order valence-electron chi connectivity index (χ1n) is 7.22. The van der Waals surface area contributed by atoms with Crippen LogP contribution >= 0.6 is 11.3 Å². The van der Waals surface area contributed by atoms with Gasteiger partial charge < -0.3 is 4.90 Å². The van der Waals surface area contributed by atoms with Crippen molar-refractivity contribution in [2.75, 3.05) is 26.2 Å². The topological polar surface area (TPSA) is 70.6 Å². The number of sulfonamides is 1. The fourth-order valence-corrected chi connectivity index (χ4v) is 5.86.